The van der Waals surface area contributed by atoms with Gasteiger partial charge in [-0.15, -0.1) is 0 Å². The van der Waals surface area contributed by atoms with E-state index in [4.69, 9.17) is 4.74 Å². The molecule has 0 bridgehead atoms. The topological polar surface area (TPSA) is 61.9 Å². The van der Waals surface area contributed by atoms with Gasteiger partial charge < -0.3 is 15.0 Å². The van der Waals surface area contributed by atoms with Crippen molar-refractivity contribution in [2.24, 2.45) is 5.92 Å². The van der Waals surface area contributed by atoms with Crippen LogP contribution in [0.15, 0.2) is 24.3 Å². The number of nitrogens with one attached hydrogen (secondary N) is 1. The maximum atomic E-state index is 13.1. The second-order valence-electron chi connectivity index (χ2n) is 8.09. The number of anilines is 2. The highest BCUT2D eigenvalue weighted by atomic mass is 16.5. The molecule has 6 nitrogen and oxygen atoms in total. The predicted molar refractivity (Wildman–Crippen MR) is 107 cm³/mol. The van der Waals surface area contributed by atoms with Crippen LogP contribution in [0.1, 0.15) is 40.5 Å². The van der Waals surface area contributed by atoms with Crippen molar-refractivity contribution in [2.45, 2.75) is 58.8 Å². The summed E-state index contributed by atoms with van der Waals surface area (Å²) in [5.74, 6) is 0.330. The van der Waals surface area contributed by atoms with Crippen LogP contribution in [-0.2, 0) is 14.3 Å². The zero-order valence-electron chi connectivity index (χ0n) is 16.8. The first-order chi connectivity index (χ1) is 12.8. The summed E-state index contributed by atoms with van der Waals surface area (Å²) in [6.45, 7) is 10.5. The molecule has 27 heavy (non-hydrogen) atoms. The molecule has 6 heteroatoms. The zero-order valence-corrected chi connectivity index (χ0v) is 16.8. The molecule has 0 spiro atoms. The van der Waals surface area contributed by atoms with E-state index in [-0.39, 0.29) is 36.0 Å². The molecule has 2 aliphatic heterocycles. The lowest BCUT2D eigenvalue weighted by molar-refractivity contribution is -0.130. The minimum absolute atomic E-state index is 0.00352. The van der Waals surface area contributed by atoms with Gasteiger partial charge in [-0.3, -0.25) is 14.5 Å². The molecule has 2 amide bonds. The van der Waals surface area contributed by atoms with Gasteiger partial charge in [-0.1, -0.05) is 19.9 Å². The molecular formula is C21H31N3O3. The third-order valence-electron chi connectivity index (χ3n) is 5.24. The number of morpholine rings is 1. The standard InChI is InChI=1S/C21H31N3O3/c1-14(2)20(23-12-15(3)27-16(4)13-23)21(26)22-17-7-5-8-18(11-17)24-10-6-9-19(24)25/h5,7-8,11,14-16,20H,6,9-10,12-13H2,1-4H3,(H,22,26)/t15-,16+,20-/m0/s1. The third kappa shape index (κ3) is 4.68. The van der Waals surface area contributed by atoms with Crippen molar-refractivity contribution in [3.63, 3.8) is 0 Å². The van der Waals surface area contributed by atoms with Gasteiger partial charge in [-0.25, -0.2) is 0 Å². The fourth-order valence-corrected chi connectivity index (χ4v) is 4.22. The minimum Gasteiger partial charge on any atom is -0.373 e. The summed E-state index contributed by atoms with van der Waals surface area (Å²) in [5, 5.41) is 3.07. The quantitative estimate of drug-likeness (QED) is 0.862. The molecule has 3 rings (SSSR count). The largest absolute Gasteiger partial charge is 0.373 e. The molecule has 2 saturated heterocycles. The highest BCUT2D eigenvalue weighted by Crippen LogP contribution is 2.25. The van der Waals surface area contributed by atoms with Crippen molar-refractivity contribution >= 4 is 23.2 Å². The predicted octanol–water partition coefficient (Wildman–Crippen LogP) is 2.89. The number of ether oxygens (including phenoxy) is 1. The van der Waals surface area contributed by atoms with Gasteiger partial charge in [0.2, 0.25) is 11.8 Å². The van der Waals surface area contributed by atoms with E-state index in [2.05, 4.69) is 37.9 Å². The zero-order chi connectivity index (χ0) is 19.6. The van der Waals surface area contributed by atoms with Crippen LogP contribution >= 0.6 is 0 Å². The molecule has 1 aromatic rings. The van der Waals surface area contributed by atoms with Gasteiger partial charge in [0.25, 0.3) is 0 Å². The number of hydrogen-bond donors (Lipinski definition) is 1. The van der Waals surface area contributed by atoms with Crippen LogP contribution in [0.4, 0.5) is 11.4 Å². The first kappa shape index (κ1) is 19.8. The second-order valence-corrected chi connectivity index (χ2v) is 8.09. The number of rotatable bonds is 5. The maximum Gasteiger partial charge on any atom is 0.241 e. The van der Waals surface area contributed by atoms with E-state index in [0.29, 0.717) is 6.42 Å². The molecule has 0 aliphatic carbocycles. The van der Waals surface area contributed by atoms with Gasteiger partial charge in [0.15, 0.2) is 0 Å². The number of benzene rings is 1. The summed E-state index contributed by atoms with van der Waals surface area (Å²) in [6, 6.07) is 7.37. The van der Waals surface area contributed by atoms with Crippen LogP contribution in [0.25, 0.3) is 0 Å². The second kappa shape index (κ2) is 8.40. The van der Waals surface area contributed by atoms with Crippen molar-refractivity contribution in [3.8, 4) is 0 Å². The number of carbonyl (C=O) groups is 2. The first-order valence-electron chi connectivity index (χ1n) is 9.96. The third-order valence-corrected chi connectivity index (χ3v) is 5.24. The Hall–Kier alpha value is -1.92. The molecule has 1 aromatic carbocycles. The highest BCUT2D eigenvalue weighted by Gasteiger charge is 2.34. The van der Waals surface area contributed by atoms with Crippen LogP contribution in [0.2, 0.25) is 0 Å². The SMILES string of the molecule is CC(C)[C@@H](C(=O)Nc1cccc(N2CCCC2=O)c1)N1C[C@@H](C)O[C@@H](C)C1. The monoisotopic (exact) mass is 373 g/mol. The lowest BCUT2D eigenvalue weighted by Crippen LogP contribution is -2.55. The molecule has 0 unspecified atom stereocenters. The van der Waals surface area contributed by atoms with Crippen molar-refractivity contribution in [1.82, 2.24) is 4.90 Å². The van der Waals surface area contributed by atoms with E-state index in [1.54, 1.807) is 4.90 Å². The molecule has 148 valence electrons. The molecule has 0 saturated carbocycles. The Kier molecular flexibility index (Phi) is 6.17. The van der Waals surface area contributed by atoms with Crippen LogP contribution in [0.3, 0.4) is 0 Å². The van der Waals surface area contributed by atoms with Gasteiger partial charge in [0.05, 0.1) is 18.2 Å². The summed E-state index contributed by atoms with van der Waals surface area (Å²) in [6.07, 6.45) is 1.72. The molecule has 2 heterocycles. The van der Waals surface area contributed by atoms with E-state index in [1.807, 2.05) is 24.3 Å². The Balaban J connectivity index is 1.73. The van der Waals surface area contributed by atoms with Crippen molar-refractivity contribution in [2.75, 3.05) is 29.9 Å². The summed E-state index contributed by atoms with van der Waals surface area (Å²) in [4.78, 5) is 29.1. The molecule has 1 N–H and O–H groups in total. The minimum atomic E-state index is -0.212. The fraction of sp³-hybridized carbons (Fsp3) is 0.619. The average Bonchev–Trinajstić information content (AvgIpc) is 3.00. The van der Waals surface area contributed by atoms with Gasteiger partial charge >= 0.3 is 0 Å². The van der Waals surface area contributed by atoms with E-state index in [1.165, 1.54) is 0 Å². The summed E-state index contributed by atoms with van der Waals surface area (Å²) < 4.78 is 5.82. The number of amides is 2. The van der Waals surface area contributed by atoms with Crippen LogP contribution in [0.5, 0.6) is 0 Å². The molecule has 3 atom stereocenters. The fourth-order valence-electron chi connectivity index (χ4n) is 4.22. The van der Waals surface area contributed by atoms with Crippen molar-refractivity contribution in [1.29, 1.82) is 0 Å². The van der Waals surface area contributed by atoms with Gasteiger partial charge in [-0.2, -0.15) is 0 Å². The normalized spacial score (nSPS) is 25.1. The summed E-state index contributed by atoms with van der Waals surface area (Å²) in [5.41, 5.74) is 1.59. The molecule has 2 fully saturated rings. The lowest BCUT2D eigenvalue weighted by Gasteiger charge is -2.41. The van der Waals surface area contributed by atoms with Gasteiger partial charge in [-0.05, 0) is 44.4 Å². The molecule has 2 aliphatic rings. The first-order valence-corrected chi connectivity index (χ1v) is 9.96. The Morgan fingerprint density at radius 3 is 2.52 bits per heavy atom. The summed E-state index contributed by atoms with van der Waals surface area (Å²) in [7, 11) is 0. The molecular weight excluding hydrogens is 342 g/mol. The smallest absolute Gasteiger partial charge is 0.241 e. The van der Waals surface area contributed by atoms with Crippen LogP contribution in [0, 0.1) is 5.92 Å². The number of carbonyl (C=O) groups excluding carboxylic acids is 2. The van der Waals surface area contributed by atoms with Crippen LogP contribution < -0.4 is 10.2 Å². The summed E-state index contributed by atoms with van der Waals surface area (Å²) >= 11 is 0. The Morgan fingerprint density at radius 2 is 1.93 bits per heavy atom. The number of nitrogens with zero attached hydrogens (tertiary/aromatic N) is 2. The maximum absolute atomic E-state index is 13.1. The average molecular weight is 373 g/mol. The molecule has 0 radical (unpaired) electrons. The lowest BCUT2D eigenvalue weighted by atomic mass is 9.99. The van der Waals surface area contributed by atoms with Crippen LogP contribution in [-0.4, -0.2) is 54.6 Å². The Labute approximate surface area is 161 Å². The molecule has 0 aromatic heterocycles. The van der Waals surface area contributed by atoms with Gasteiger partial charge in [0, 0.05) is 37.4 Å². The Morgan fingerprint density at radius 1 is 1.22 bits per heavy atom. The van der Waals surface area contributed by atoms with Crippen molar-refractivity contribution in [3.05, 3.63) is 24.3 Å². The number of hydrogen-bond acceptors (Lipinski definition) is 4. The Bertz CT molecular complexity index is 681. The van der Waals surface area contributed by atoms with E-state index >= 15 is 0 Å². The van der Waals surface area contributed by atoms with E-state index in [9.17, 15) is 9.59 Å². The van der Waals surface area contributed by atoms with Gasteiger partial charge in [0.1, 0.15) is 0 Å². The van der Waals surface area contributed by atoms with E-state index < -0.39 is 0 Å². The van der Waals surface area contributed by atoms with Crippen molar-refractivity contribution < 1.29 is 14.3 Å². The van der Waals surface area contributed by atoms with E-state index in [0.717, 1.165) is 37.4 Å². The highest BCUT2D eigenvalue weighted by molar-refractivity contribution is 5.98.